The van der Waals surface area contributed by atoms with E-state index in [-0.39, 0.29) is 26.1 Å². The molecule has 32 heavy (non-hydrogen) atoms. The van der Waals surface area contributed by atoms with Crippen LogP contribution in [0.25, 0.3) is 0 Å². The Bertz CT molecular complexity index is 563. The van der Waals surface area contributed by atoms with E-state index in [1.54, 1.807) is 13.8 Å². The number of ether oxygens (including phenoxy) is 2. The van der Waals surface area contributed by atoms with E-state index in [0.29, 0.717) is 25.8 Å². The maximum atomic E-state index is 12.3. The Morgan fingerprint density at radius 2 is 1.59 bits per heavy atom. The van der Waals surface area contributed by atoms with Crippen LogP contribution >= 0.6 is 0 Å². The number of nitrogens with zero attached hydrogens (tertiary/aromatic N) is 1. The highest BCUT2D eigenvalue weighted by Crippen LogP contribution is 2.22. The lowest BCUT2D eigenvalue weighted by Crippen LogP contribution is -2.46. The van der Waals surface area contributed by atoms with Gasteiger partial charge < -0.3 is 33.5 Å². The molecule has 0 radical (unpaired) electrons. The minimum Gasteiger partial charge on any atom is -0.450 e. The van der Waals surface area contributed by atoms with Crippen molar-refractivity contribution in [3.8, 4) is 0 Å². The van der Waals surface area contributed by atoms with E-state index in [0.717, 1.165) is 12.1 Å². The summed E-state index contributed by atoms with van der Waals surface area (Å²) in [6, 6.07) is 1.48. The molecule has 3 N–H and O–H groups in total. The first-order valence-corrected chi connectivity index (χ1v) is 20.3. The van der Waals surface area contributed by atoms with Gasteiger partial charge in [-0.05, 0) is 65.1 Å². The minimum atomic E-state index is -2.38. The van der Waals surface area contributed by atoms with Crippen LogP contribution in [0, 0.1) is 0 Å². The summed E-state index contributed by atoms with van der Waals surface area (Å²) < 4.78 is 22.1. The van der Waals surface area contributed by atoms with Crippen molar-refractivity contribution in [3.63, 3.8) is 0 Å². The zero-order valence-electron chi connectivity index (χ0n) is 20.9. The van der Waals surface area contributed by atoms with Gasteiger partial charge in [0.2, 0.25) is 16.6 Å². The van der Waals surface area contributed by atoms with Gasteiger partial charge in [0.1, 0.15) is 0 Å². The number of aliphatic hydroxyl groups excluding tert-OH is 1. The molecule has 0 heterocycles. The predicted octanol–water partition coefficient (Wildman–Crippen LogP) is 2.62. The standard InChI is InChI=1S/C19H44N2O8Si3/c1-8-26-18(23)20-15-21(19(24)27-9-2)11-10-13-32(7,29-17-30(3,4)25)14-12-28-31(5,6)16-22/h22,25H,8-17H2,1-7H3,(H,20,23). The highest BCUT2D eigenvalue weighted by molar-refractivity contribution is 6.75. The Kier molecular flexibility index (Phi) is 14.6. The lowest BCUT2D eigenvalue weighted by Gasteiger charge is -2.32. The molecule has 0 aromatic carbocycles. The van der Waals surface area contributed by atoms with Crippen LogP contribution in [0.1, 0.15) is 20.3 Å². The minimum absolute atomic E-state index is 0.00716. The fourth-order valence-corrected chi connectivity index (χ4v) is 8.38. The number of alkyl carbamates (subject to hydrolysis) is 1. The van der Waals surface area contributed by atoms with Gasteiger partial charge in [-0.3, -0.25) is 4.90 Å². The summed E-state index contributed by atoms with van der Waals surface area (Å²) in [6.07, 6.45) is -0.0307. The van der Waals surface area contributed by atoms with Crippen molar-refractivity contribution in [1.29, 1.82) is 0 Å². The molecule has 13 heteroatoms. The van der Waals surface area contributed by atoms with Crippen molar-refractivity contribution < 1.29 is 37.8 Å². The van der Waals surface area contributed by atoms with E-state index in [2.05, 4.69) is 11.9 Å². The zero-order chi connectivity index (χ0) is 24.8. The Labute approximate surface area is 195 Å². The van der Waals surface area contributed by atoms with E-state index in [4.69, 9.17) is 18.3 Å². The lowest BCUT2D eigenvalue weighted by atomic mass is 10.4. The number of hydrogen-bond acceptors (Lipinski definition) is 8. The first-order valence-electron chi connectivity index (χ1n) is 11.2. The molecular weight excluding hydrogens is 468 g/mol. The summed E-state index contributed by atoms with van der Waals surface area (Å²) in [6.45, 7) is 14.5. The highest BCUT2D eigenvalue weighted by Gasteiger charge is 2.33. The number of aliphatic hydroxyl groups is 1. The molecule has 1 atom stereocenters. The fourth-order valence-electron chi connectivity index (χ4n) is 2.64. The molecule has 0 fully saturated rings. The van der Waals surface area contributed by atoms with Crippen molar-refractivity contribution in [2.75, 3.05) is 45.5 Å². The van der Waals surface area contributed by atoms with Crippen LogP contribution in [-0.4, -0.2) is 97.4 Å². The predicted molar refractivity (Wildman–Crippen MR) is 131 cm³/mol. The van der Waals surface area contributed by atoms with Gasteiger partial charge in [-0.25, -0.2) is 9.59 Å². The van der Waals surface area contributed by atoms with Crippen LogP contribution in [0.3, 0.4) is 0 Å². The summed E-state index contributed by atoms with van der Waals surface area (Å²) in [5, 5.41) is 12.0. The average Bonchev–Trinajstić information content (AvgIpc) is 2.69. The first-order chi connectivity index (χ1) is 14.8. The second kappa shape index (κ2) is 15.0. The van der Waals surface area contributed by atoms with Gasteiger partial charge in [-0.2, -0.15) is 0 Å². The molecule has 0 aromatic heterocycles. The molecule has 0 saturated carbocycles. The molecule has 0 aliphatic heterocycles. The quantitative estimate of drug-likeness (QED) is 0.213. The van der Waals surface area contributed by atoms with Gasteiger partial charge in [0.15, 0.2) is 8.32 Å². The number of nitrogens with one attached hydrogen (secondary N) is 1. The van der Waals surface area contributed by atoms with E-state index in [9.17, 15) is 19.5 Å². The number of hydrogen-bond donors (Lipinski definition) is 3. The highest BCUT2D eigenvalue weighted by atomic mass is 28.4. The SMILES string of the molecule is CCOC(=O)NCN(CCC[Si](C)(CCO[Si](C)(C)CO)OC[Si](C)(C)O)C(=O)OCC. The van der Waals surface area contributed by atoms with Crippen molar-refractivity contribution in [1.82, 2.24) is 10.2 Å². The third-order valence-electron chi connectivity index (χ3n) is 4.63. The number of carbonyl (C=O) groups excluding carboxylic acids is 2. The third kappa shape index (κ3) is 15.0. The van der Waals surface area contributed by atoms with Gasteiger partial charge in [0.05, 0.1) is 32.3 Å². The summed E-state index contributed by atoms with van der Waals surface area (Å²) >= 11 is 0. The molecule has 0 spiro atoms. The number of carbonyl (C=O) groups is 2. The Hall–Kier alpha value is -0.969. The van der Waals surface area contributed by atoms with E-state index < -0.39 is 37.1 Å². The van der Waals surface area contributed by atoms with Crippen molar-refractivity contribution in [2.24, 2.45) is 0 Å². The largest absolute Gasteiger partial charge is 0.450 e. The van der Waals surface area contributed by atoms with Crippen LogP contribution < -0.4 is 5.32 Å². The number of amides is 2. The molecule has 0 saturated heterocycles. The molecule has 1 unspecified atom stereocenters. The van der Waals surface area contributed by atoms with E-state index in [1.165, 1.54) is 4.90 Å². The maximum Gasteiger partial charge on any atom is 0.411 e. The molecule has 10 nitrogen and oxygen atoms in total. The van der Waals surface area contributed by atoms with Gasteiger partial charge in [-0.15, -0.1) is 0 Å². The van der Waals surface area contributed by atoms with Crippen LogP contribution in [-0.2, 0) is 18.3 Å². The van der Waals surface area contributed by atoms with Crippen LogP contribution in [0.2, 0.25) is 44.8 Å². The summed E-state index contributed by atoms with van der Waals surface area (Å²) in [5.41, 5.74) is 0. The van der Waals surface area contributed by atoms with E-state index >= 15 is 0 Å². The monoisotopic (exact) mass is 512 g/mol. The molecule has 0 aliphatic rings. The maximum absolute atomic E-state index is 12.3. The molecule has 2 amide bonds. The van der Waals surface area contributed by atoms with Crippen LogP contribution in [0.5, 0.6) is 0 Å². The van der Waals surface area contributed by atoms with Crippen LogP contribution in [0.15, 0.2) is 0 Å². The Morgan fingerprint density at radius 3 is 2.12 bits per heavy atom. The molecule has 0 bridgehead atoms. The zero-order valence-corrected chi connectivity index (χ0v) is 23.9. The topological polar surface area (TPSA) is 127 Å². The van der Waals surface area contributed by atoms with Crippen molar-refractivity contribution >= 4 is 37.1 Å². The van der Waals surface area contributed by atoms with Gasteiger partial charge in [-0.1, -0.05) is 0 Å². The normalized spacial score (nSPS) is 13.9. The molecule has 0 aliphatic carbocycles. The van der Waals surface area contributed by atoms with Gasteiger partial charge in [0, 0.05) is 13.2 Å². The van der Waals surface area contributed by atoms with Crippen molar-refractivity contribution in [2.45, 2.75) is 65.1 Å². The fraction of sp³-hybridized carbons (Fsp3) is 0.895. The van der Waals surface area contributed by atoms with Gasteiger partial charge in [0.25, 0.3) is 0 Å². The van der Waals surface area contributed by atoms with Crippen LogP contribution in [0.4, 0.5) is 9.59 Å². The molecular formula is C19H44N2O8Si3. The van der Waals surface area contributed by atoms with Crippen molar-refractivity contribution in [3.05, 3.63) is 0 Å². The molecule has 0 rings (SSSR count). The summed E-state index contributed by atoms with van der Waals surface area (Å²) in [4.78, 5) is 35.5. The second-order valence-corrected chi connectivity index (χ2v) is 21.4. The summed E-state index contributed by atoms with van der Waals surface area (Å²) in [7, 11) is -6.71. The smallest absolute Gasteiger partial charge is 0.411 e. The summed E-state index contributed by atoms with van der Waals surface area (Å²) in [5.74, 6) is 0. The Morgan fingerprint density at radius 1 is 0.969 bits per heavy atom. The Balaban J connectivity index is 5.00. The molecule has 190 valence electrons. The third-order valence-corrected chi connectivity index (χ3v) is 11.0. The second-order valence-electron chi connectivity index (χ2n) is 9.19. The molecule has 0 aromatic rings. The lowest BCUT2D eigenvalue weighted by molar-refractivity contribution is 0.100. The average molecular weight is 513 g/mol. The van der Waals surface area contributed by atoms with E-state index in [1.807, 2.05) is 26.2 Å². The van der Waals surface area contributed by atoms with Gasteiger partial charge >= 0.3 is 12.2 Å². The number of rotatable bonds is 16. The first kappa shape index (κ1) is 31.0.